The zero-order valence-electron chi connectivity index (χ0n) is 5.19. The fourth-order valence-electron chi connectivity index (χ4n) is 0.372. The Bertz CT molecular complexity index is 58.4. The van der Waals surface area contributed by atoms with Crippen LogP contribution in [0.3, 0.4) is 0 Å². The molecule has 0 aromatic rings. The van der Waals surface area contributed by atoms with Crippen LogP contribution < -0.4 is 5.32 Å². The summed E-state index contributed by atoms with van der Waals surface area (Å²) in [5.74, 6) is 0. The lowest BCUT2D eigenvalue weighted by molar-refractivity contribution is 0.0892. The molecular formula is C5H12FNO. The van der Waals surface area contributed by atoms with Crippen molar-refractivity contribution in [3.8, 4) is 0 Å². The molecule has 0 fully saturated rings. The SMILES string of the molecule is CNCC(O)C(C)F. The molecule has 50 valence electrons. The molecule has 0 aromatic heterocycles. The van der Waals surface area contributed by atoms with Crippen molar-refractivity contribution in [2.24, 2.45) is 0 Å². The van der Waals surface area contributed by atoms with Gasteiger partial charge in [-0.2, -0.15) is 0 Å². The normalized spacial score (nSPS) is 18.0. The molecule has 0 aliphatic carbocycles. The number of likely N-dealkylation sites (N-methyl/N-ethyl adjacent to an activating group) is 1. The maximum atomic E-state index is 12.0. The molecule has 0 spiro atoms. The number of alkyl halides is 1. The molecule has 0 aromatic carbocycles. The highest BCUT2D eigenvalue weighted by atomic mass is 19.1. The van der Waals surface area contributed by atoms with Crippen molar-refractivity contribution in [3.63, 3.8) is 0 Å². The fourth-order valence-corrected chi connectivity index (χ4v) is 0.372. The molecule has 2 nitrogen and oxygen atoms in total. The lowest BCUT2D eigenvalue weighted by atomic mass is 10.2. The Kier molecular flexibility index (Phi) is 3.73. The van der Waals surface area contributed by atoms with Gasteiger partial charge in [-0.1, -0.05) is 0 Å². The molecule has 3 heteroatoms. The third-order valence-electron chi connectivity index (χ3n) is 0.943. The highest BCUT2D eigenvalue weighted by Gasteiger charge is 2.09. The van der Waals surface area contributed by atoms with Gasteiger partial charge in [0.1, 0.15) is 6.17 Å². The molecule has 0 amide bonds. The summed E-state index contributed by atoms with van der Waals surface area (Å²) in [6.45, 7) is 1.65. The van der Waals surface area contributed by atoms with E-state index in [2.05, 4.69) is 5.32 Å². The Morgan fingerprint density at radius 3 is 2.38 bits per heavy atom. The maximum Gasteiger partial charge on any atom is 0.124 e. The molecule has 0 aliphatic heterocycles. The number of aliphatic hydroxyl groups is 1. The zero-order chi connectivity index (χ0) is 6.57. The second-order valence-electron chi connectivity index (χ2n) is 1.80. The van der Waals surface area contributed by atoms with Crippen LogP contribution in [0.5, 0.6) is 0 Å². The van der Waals surface area contributed by atoms with E-state index in [-0.39, 0.29) is 0 Å². The second-order valence-corrected chi connectivity index (χ2v) is 1.80. The van der Waals surface area contributed by atoms with Gasteiger partial charge in [0.2, 0.25) is 0 Å². The first-order valence-electron chi connectivity index (χ1n) is 2.65. The first-order valence-corrected chi connectivity index (χ1v) is 2.65. The van der Waals surface area contributed by atoms with Gasteiger partial charge in [0.25, 0.3) is 0 Å². The Hall–Kier alpha value is -0.150. The van der Waals surface area contributed by atoms with Gasteiger partial charge in [-0.25, -0.2) is 4.39 Å². The standard InChI is InChI=1S/C5H12FNO/c1-4(6)5(8)3-7-2/h4-5,7-8H,3H2,1-2H3. The van der Waals surface area contributed by atoms with E-state index in [1.54, 1.807) is 7.05 Å². The fraction of sp³-hybridized carbons (Fsp3) is 1.00. The highest BCUT2D eigenvalue weighted by molar-refractivity contribution is 4.62. The summed E-state index contributed by atoms with van der Waals surface area (Å²) in [6.07, 6.45) is -2.00. The Morgan fingerprint density at radius 1 is 1.75 bits per heavy atom. The molecule has 0 heterocycles. The number of halogens is 1. The zero-order valence-corrected chi connectivity index (χ0v) is 5.19. The number of rotatable bonds is 3. The maximum absolute atomic E-state index is 12.0. The summed E-state index contributed by atoms with van der Waals surface area (Å²) in [5.41, 5.74) is 0. The predicted molar refractivity (Wildman–Crippen MR) is 30.5 cm³/mol. The molecule has 0 radical (unpaired) electrons. The van der Waals surface area contributed by atoms with Crippen LogP contribution in [0.15, 0.2) is 0 Å². The Balaban J connectivity index is 3.17. The van der Waals surface area contributed by atoms with Crippen molar-refractivity contribution >= 4 is 0 Å². The van der Waals surface area contributed by atoms with E-state index in [1.165, 1.54) is 6.92 Å². The third-order valence-corrected chi connectivity index (χ3v) is 0.943. The lowest BCUT2D eigenvalue weighted by Crippen LogP contribution is -2.30. The quantitative estimate of drug-likeness (QED) is 0.547. The third kappa shape index (κ3) is 2.93. The number of aliphatic hydroxyl groups excluding tert-OH is 1. The highest BCUT2D eigenvalue weighted by Crippen LogP contribution is 1.94. The molecule has 2 atom stereocenters. The van der Waals surface area contributed by atoms with E-state index in [0.29, 0.717) is 6.54 Å². The molecule has 0 aliphatic rings. The second kappa shape index (κ2) is 3.80. The van der Waals surface area contributed by atoms with E-state index in [0.717, 1.165) is 0 Å². The first kappa shape index (κ1) is 7.85. The van der Waals surface area contributed by atoms with Crippen LogP contribution in [0.25, 0.3) is 0 Å². The first-order chi connectivity index (χ1) is 3.68. The topological polar surface area (TPSA) is 32.3 Å². The largest absolute Gasteiger partial charge is 0.389 e. The smallest absolute Gasteiger partial charge is 0.124 e. The van der Waals surface area contributed by atoms with E-state index in [1.807, 2.05) is 0 Å². The van der Waals surface area contributed by atoms with Gasteiger partial charge in [-0.3, -0.25) is 0 Å². The van der Waals surface area contributed by atoms with Crippen molar-refractivity contribution in [1.29, 1.82) is 0 Å². The van der Waals surface area contributed by atoms with Crippen molar-refractivity contribution in [2.75, 3.05) is 13.6 Å². The van der Waals surface area contributed by atoms with Crippen LogP contribution in [0, 0.1) is 0 Å². The van der Waals surface area contributed by atoms with Gasteiger partial charge in [-0.05, 0) is 14.0 Å². The summed E-state index contributed by atoms with van der Waals surface area (Å²) in [6, 6.07) is 0. The predicted octanol–water partition coefficient (Wildman–Crippen LogP) is -0.0753. The Morgan fingerprint density at radius 2 is 2.25 bits per heavy atom. The molecule has 0 saturated carbocycles. The summed E-state index contributed by atoms with van der Waals surface area (Å²) in [7, 11) is 1.67. The molecule has 2 unspecified atom stereocenters. The van der Waals surface area contributed by atoms with Gasteiger partial charge in [0.05, 0.1) is 6.10 Å². The van der Waals surface area contributed by atoms with E-state index in [4.69, 9.17) is 5.11 Å². The minimum Gasteiger partial charge on any atom is -0.389 e. The number of nitrogens with one attached hydrogen (secondary N) is 1. The molecule has 2 N–H and O–H groups in total. The lowest BCUT2D eigenvalue weighted by Gasteiger charge is -2.09. The van der Waals surface area contributed by atoms with Crippen LogP contribution >= 0.6 is 0 Å². The molecule has 8 heavy (non-hydrogen) atoms. The van der Waals surface area contributed by atoms with Crippen LogP contribution in [0.4, 0.5) is 4.39 Å². The van der Waals surface area contributed by atoms with Gasteiger partial charge in [-0.15, -0.1) is 0 Å². The Labute approximate surface area is 48.7 Å². The molecule has 0 bridgehead atoms. The van der Waals surface area contributed by atoms with Crippen LogP contribution in [-0.2, 0) is 0 Å². The summed E-state index contributed by atoms with van der Waals surface area (Å²) in [5, 5.41) is 11.3. The van der Waals surface area contributed by atoms with Gasteiger partial charge in [0.15, 0.2) is 0 Å². The minimum absolute atomic E-state index is 0.317. The number of hydrogen-bond donors (Lipinski definition) is 2. The van der Waals surface area contributed by atoms with Crippen molar-refractivity contribution in [2.45, 2.75) is 19.2 Å². The minimum atomic E-state index is -1.14. The van der Waals surface area contributed by atoms with Crippen molar-refractivity contribution < 1.29 is 9.50 Å². The van der Waals surface area contributed by atoms with E-state index in [9.17, 15) is 4.39 Å². The summed E-state index contributed by atoms with van der Waals surface area (Å²) in [4.78, 5) is 0. The summed E-state index contributed by atoms with van der Waals surface area (Å²) < 4.78 is 12.0. The van der Waals surface area contributed by atoms with Crippen molar-refractivity contribution in [3.05, 3.63) is 0 Å². The average Bonchev–Trinajstić information content (AvgIpc) is 1.67. The average molecular weight is 121 g/mol. The van der Waals surface area contributed by atoms with Gasteiger partial charge < -0.3 is 10.4 Å². The molecular weight excluding hydrogens is 109 g/mol. The van der Waals surface area contributed by atoms with Crippen LogP contribution in [0.1, 0.15) is 6.92 Å². The van der Waals surface area contributed by atoms with Crippen LogP contribution in [0.2, 0.25) is 0 Å². The van der Waals surface area contributed by atoms with Crippen molar-refractivity contribution in [1.82, 2.24) is 5.32 Å². The monoisotopic (exact) mass is 121 g/mol. The van der Waals surface area contributed by atoms with Crippen LogP contribution in [-0.4, -0.2) is 31.0 Å². The number of hydrogen-bond acceptors (Lipinski definition) is 2. The summed E-state index contributed by atoms with van der Waals surface area (Å²) >= 11 is 0. The molecule has 0 rings (SSSR count). The van der Waals surface area contributed by atoms with Gasteiger partial charge >= 0.3 is 0 Å². The van der Waals surface area contributed by atoms with E-state index < -0.39 is 12.3 Å². The molecule has 0 saturated heterocycles. The van der Waals surface area contributed by atoms with E-state index >= 15 is 0 Å². The van der Waals surface area contributed by atoms with Gasteiger partial charge in [0, 0.05) is 6.54 Å².